The van der Waals surface area contributed by atoms with Gasteiger partial charge in [-0.2, -0.15) is 0 Å². The maximum atomic E-state index is 12.1. The summed E-state index contributed by atoms with van der Waals surface area (Å²) in [5.74, 6) is -0.0960. The number of amides is 2. The summed E-state index contributed by atoms with van der Waals surface area (Å²) < 4.78 is 0. The molecule has 1 aromatic heterocycles. The van der Waals surface area contributed by atoms with Gasteiger partial charge in [-0.15, -0.1) is 11.3 Å². The van der Waals surface area contributed by atoms with E-state index in [1.165, 1.54) is 11.3 Å². The van der Waals surface area contributed by atoms with Crippen LogP contribution in [0.4, 0.5) is 10.8 Å². The number of nitrogens with zero attached hydrogens (tertiary/aromatic N) is 1. The third-order valence-corrected chi connectivity index (χ3v) is 5.60. The first-order valence-corrected chi connectivity index (χ1v) is 9.65. The van der Waals surface area contributed by atoms with Gasteiger partial charge in [-0.3, -0.25) is 9.59 Å². The highest BCUT2D eigenvalue weighted by Gasteiger charge is 2.23. The number of thiazole rings is 1. The first-order chi connectivity index (χ1) is 12.0. The quantitative estimate of drug-likeness (QED) is 0.763. The zero-order valence-corrected chi connectivity index (χ0v) is 15.7. The first kappa shape index (κ1) is 18.2. The van der Waals surface area contributed by atoms with E-state index in [2.05, 4.69) is 15.6 Å². The molecule has 0 atom stereocenters. The van der Waals surface area contributed by atoms with Crippen LogP contribution < -0.4 is 10.6 Å². The molecule has 8 heteroatoms. The highest BCUT2D eigenvalue weighted by Crippen LogP contribution is 2.27. The van der Waals surface area contributed by atoms with Crippen molar-refractivity contribution in [2.75, 3.05) is 10.6 Å². The van der Waals surface area contributed by atoms with Gasteiger partial charge < -0.3 is 10.6 Å². The lowest BCUT2D eigenvalue weighted by Crippen LogP contribution is -2.20. The third-order valence-electron chi connectivity index (χ3n) is 4.05. The number of carbonyl (C=O) groups is 2. The standard InChI is InChI=1S/C17H17Cl2N3O2S/c18-13-6-5-11(7-14(13)19)20-15(23)8-12-9-25-17(21-12)22-16(24)10-3-1-2-4-10/h5-7,9-10H,1-4,8H2,(H,20,23)(H,21,22,24). The normalized spacial score (nSPS) is 14.5. The Balaban J connectivity index is 1.54. The van der Waals surface area contributed by atoms with Gasteiger partial charge in [0.2, 0.25) is 11.8 Å². The molecule has 25 heavy (non-hydrogen) atoms. The molecule has 0 aliphatic heterocycles. The second-order valence-corrected chi connectivity index (χ2v) is 7.64. The fourth-order valence-electron chi connectivity index (χ4n) is 2.78. The fraction of sp³-hybridized carbons (Fsp3) is 0.353. The lowest BCUT2D eigenvalue weighted by Gasteiger charge is -2.07. The van der Waals surface area contributed by atoms with Crippen molar-refractivity contribution in [1.82, 2.24) is 4.98 Å². The van der Waals surface area contributed by atoms with Crippen LogP contribution in [0.25, 0.3) is 0 Å². The number of carbonyl (C=O) groups excluding carboxylic acids is 2. The molecule has 1 aliphatic carbocycles. The SMILES string of the molecule is O=C(Cc1csc(NC(=O)C2CCCC2)n1)Nc1ccc(Cl)c(Cl)c1. The molecule has 1 saturated carbocycles. The molecule has 0 radical (unpaired) electrons. The maximum Gasteiger partial charge on any atom is 0.230 e. The molecule has 132 valence electrons. The minimum Gasteiger partial charge on any atom is -0.326 e. The number of aromatic nitrogens is 1. The second kappa shape index (κ2) is 8.17. The molecule has 1 fully saturated rings. The van der Waals surface area contributed by atoms with Crippen molar-refractivity contribution in [3.05, 3.63) is 39.3 Å². The van der Waals surface area contributed by atoms with Gasteiger partial charge in [0.05, 0.1) is 22.2 Å². The minimum atomic E-state index is -0.211. The Morgan fingerprint density at radius 3 is 2.64 bits per heavy atom. The van der Waals surface area contributed by atoms with Gasteiger partial charge in [0, 0.05) is 17.0 Å². The largest absolute Gasteiger partial charge is 0.326 e. The molecule has 5 nitrogen and oxygen atoms in total. The highest BCUT2D eigenvalue weighted by atomic mass is 35.5. The van der Waals surface area contributed by atoms with Gasteiger partial charge >= 0.3 is 0 Å². The monoisotopic (exact) mass is 397 g/mol. The van der Waals surface area contributed by atoms with Crippen LogP contribution in [-0.4, -0.2) is 16.8 Å². The van der Waals surface area contributed by atoms with Crippen LogP contribution in [0.5, 0.6) is 0 Å². The van der Waals surface area contributed by atoms with E-state index in [9.17, 15) is 9.59 Å². The minimum absolute atomic E-state index is 0.0265. The number of anilines is 2. The van der Waals surface area contributed by atoms with Gasteiger partial charge in [0.25, 0.3) is 0 Å². The van der Waals surface area contributed by atoms with Crippen molar-refractivity contribution in [1.29, 1.82) is 0 Å². The van der Waals surface area contributed by atoms with Crippen LogP contribution in [0.1, 0.15) is 31.4 Å². The molecule has 2 amide bonds. The van der Waals surface area contributed by atoms with Crippen LogP contribution in [0, 0.1) is 5.92 Å². The zero-order chi connectivity index (χ0) is 17.8. The van der Waals surface area contributed by atoms with Gasteiger partial charge in [-0.1, -0.05) is 36.0 Å². The van der Waals surface area contributed by atoms with Crippen molar-refractivity contribution in [3.8, 4) is 0 Å². The van der Waals surface area contributed by atoms with Crippen molar-refractivity contribution in [3.63, 3.8) is 0 Å². The van der Waals surface area contributed by atoms with Gasteiger partial charge in [0.15, 0.2) is 5.13 Å². The average Bonchev–Trinajstić information content (AvgIpc) is 3.23. The number of rotatable bonds is 5. The molecule has 0 unspecified atom stereocenters. The number of hydrogen-bond acceptors (Lipinski definition) is 4. The van der Waals surface area contributed by atoms with Crippen LogP contribution in [0.15, 0.2) is 23.6 Å². The van der Waals surface area contributed by atoms with E-state index in [1.807, 2.05) is 0 Å². The topological polar surface area (TPSA) is 71.1 Å². The number of nitrogens with one attached hydrogen (secondary N) is 2. The molecular formula is C17H17Cl2N3O2S. The predicted molar refractivity (Wildman–Crippen MR) is 101 cm³/mol. The summed E-state index contributed by atoms with van der Waals surface area (Å²) in [5, 5.41) is 8.72. The van der Waals surface area contributed by atoms with Gasteiger partial charge in [-0.25, -0.2) is 4.98 Å². The molecule has 0 bridgehead atoms. The molecule has 1 aliphatic rings. The van der Waals surface area contributed by atoms with E-state index in [0.29, 0.717) is 26.6 Å². The Kier molecular flexibility index (Phi) is 5.93. The van der Waals surface area contributed by atoms with E-state index >= 15 is 0 Å². The van der Waals surface area contributed by atoms with Crippen LogP contribution in [0.2, 0.25) is 10.0 Å². The first-order valence-electron chi connectivity index (χ1n) is 8.01. The molecule has 2 aromatic rings. The number of hydrogen-bond donors (Lipinski definition) is 2. The molecule has 3 rings (SSSR count). The van der Waals surface area contributed by atoms with E-state index < -0.39 is 0 Å². The summed E-state index contributed by atoms with van der Waals surface area (Å²) in [6.07, 6.45) is 4.22. The van der Waals surface area contributed by atoms with E-state index in [1.54, 1.807) is 23.6 Å². The molecular weight excluding hydrogens is 381 g/mol. The Bertz CT molecular complexity index is 788. The van der Waals surface area contributed by atoms with E-state index in [-0.39, 0.29) is 24.2 Å². The van der Waals surface area contributed by atoms with Crippen molar-refractivity contribution < 1.29 is 9.59 Å². The molecule has 0 spiro atoms. The van der Waals surface area contributed by atoms with Crippen LogP contribution in [-0.2, 0) is 16.0 Å². The lowest BCUT2D eigenvalue weighted by molar-refractivity contribution is -0.119. The predicted octanol–water partition coefficient (Wildman–Crippen LogP) is 4.76. The van der Waals surface area contributed by atoms with E-state index in [0.717, 1.165) is 25.7 Å². The summed E-state index contributed by atoms with van der Waals surface area (Å²) in [6, 6.07) is 4.90. The number of halogens is 2. The fourth-order valence-corrected chi connectivity index (χ4v) is 3.80. The molecule has 2 N–H and O–H groups in total. The van der Waals surface area contributed by atoms with Crippen molar-refractivity contribution in [2.45, 2.75) is 32.1 Å². The van der Waals surface area contributed by atoms with Crippen molar-refractivity contribution >= 4 is 57.2 Å². The Labute approximate surface area is 159 Å². The highest BCUT2D eigenvalue weighted by molar-refractivity contribution is 7.13. The lowest BCUT2D eigenvalue weighted by atomic mass is 10.1. The smallest absolute Gasteiger partial charge is 0.230 e. The van der Waals surface area contributed by atoms with Crippen LogP contribution in [0.3, 0.4) is 0 Å². The van der Waals surface area contributed by atoms with Crippen LogP contribution >= 0.6 is 34.5 Å². The Morgan fingerprint density at radius 2 is 1.92 bits per heavy atom. The van der Waals surface area contributed by atoms with E-state index in [4.69, 9.17) is 23.2 Å². The molecule has 1 heterocycles. The summed E-state index contributed by atoms with van der Waals surface area (Å²) in [4.78, 5) is 28.5. The Morgan fingerprint density at radius 1 is 1.16 bits per heavy atom. The van der Waals surface area contributed by atoms with Crippen molar-refractivity contribution in [2.24, 2.45) is 5.92 Å². The maximum absolute atomic E-state index is 12.1. The van der Waals surface area contributed by atoms with Gasteiger partial charge in [0.1, 0.15) is 0 Å². The molecule has 0 saturated heterocycles. The summed E-state index contributed by atoms with van der Waals surface area (Å²) >= 11 is 13.1. The second-order valence-electron chi connectivity index (χ2n) is 5.97. The van der Waals surface area contributed by atoms with Gasteiger partial charge in [-0.05, 0) is 31.0 Å². The third kappa shape index (κ3) is 4.93. The number of benzene rings is 1. The summed E-state index contributed by atoms with van der Waals surface area (Å²) in [7, 11) is 0. The molecule has 1 aromatic carbocycles. The Hall–Kier alpha value is -1.63. The average molecular weight is 398 g/mol. The zero-order valence-electron chi connectivity index (χ0n) is 13.4. The summed E-state index contributed by atoms with van der Waals surface area (Å²) in [6.45, 7) is 0. The summed E-state index contributed by atoms with van der Waals surface area (Å²) in [5.41, 5.74) is 1.19.